The average Bonchev–Trinajstić information content (AvgIpc) is 3.73. The Balaban J connectivity index is 1.78. The summed E-state index contributed by atoms with van der Waals surface area (Å²) < 4.78 is 5.26. The number of methoxy groups -OCH3 is 1. The van der Waals surface area contributed by atoms with E-state index in [0.29, 0.717) is 24.6 Å². The number of hydrogen-bond acceptors (Lipinski definition) is 6. The molecule has 1 aliphatic carbocycles. The fraction of sp³-hybridized carbons (Fsp3) is 0.407. The number of anilines is 2. The zero-order chi connectivity index (χ0) is 26.7. The lowest BCUT2D eigenvalue weighted by Crippen LogP contribution is -2.46. The molecule has 2 heterocycles. The molecule has 0 spiro atoms. The largest absolute Gasteiger partial charge is 0.467 e. The van der Waals surface area contributed by atoms with E-state index in [1.54, 1.807) is 16.0 Å². The Morgan fingerprint density at radius 1 is 1.35 bits per heavy atom. The third-order valence-corrected chi connectivity index (χ3v) is 6.38. The van der Waals surface area contributed by atoms with Crippen molar-refractivity contribution in [1.29, 1.82) is 0 Å². The van der Waals surface area contributed by atoms with Gasteiger partial charge in [-0.3, -0.25) is 4.79 Å². The summed E-state index contributed by atoms with van der Waals surface area (Å²) in [6.45, 7) is 12.2. The highest BCUT2D eigenvalue weighted by Crippen LogP contribution is 2.40. The number of aliphatic imine (C=N–C) groups is 2. The monoisotopic (exact) mass is 503 g/mol. The second kappa shape index (κ2) is 10.9. The third-order valence-electron chi connectivity index (χ3n) is 6.38. The molecule has 1 aromatic carbocycles. The van der Waals surface area contributed by atoms with Crippen LogP contribution in [-0.4, -0.2) is 63.1 Å². The Morgan fingerprint density at radius 3 is 2.73 bits per heavy atom. The zero-order valence-corrected chi connectivity index (χ0v) is 22.0. The molecule has 1 atom stereocenters. The van der Waals surface area contributed by atoms with Gasteiger partial charge in [-0.25, -0.2) is 19.7 Å². The number of amidine groups is 1. The highest BCUT2D eigenvalue weighted by atomic mass is 16.5. The molecule has 0 radical (unpaired) electrons. The number of ether oxygens (including phenoxy) is 1. The maximum absolute atomic E-state index is 13.8. The minimum atomic E-state index is -0.209. The predicted octanol–water partition coefficient (Wildman–Crippen LogP) is 4.92. The number of fused-ring (bicyclic) bond motifs is 1. The van der Waals surface area contributed by atoms with E-state index in [1.807, 2.05) is 56.9 Å². The second-order valence-corrected chi connectivity index (χ2v) is 9.25. The molecule has 2 aliphatic rings. The van der Waals surface area contributed by atoms with Crippen LogP contribution in [0.5, 0.6) is 0 Å². The van der Waals surface area contributed by atoms with Crippen molar-refractivity contribution in [2.75, 3.05) is 18.6 Å². The molecule has 1 aromatic heterocycles. The van der Waals surface area contributed by atoms with Crippen LogP contribution < -0.4 is 4.90 Å². The number of hydrogen-bond donors (Lipinski definition) is 0. The highest BCUT2D eigenvalue weighted by Gasteiger charge is 2.41. The summed E-state index contributed by atoms with van der Waals surface area (Å²) in [4.78, 5) is 49.0. The van der Waals surface area contributed by atoms with Gasteiger partial charge in [0.2, 0.25) is 5.91 Å². The summed E-state index contributed by atoms with van der Waals surface area (Å²) in [5, 5.41) is 0. The van der Waals surface area contributed by atoms with Crippen molar-refractivity contribution in [3.63, 3.8) is 0 Å². The van der Waals surface area contributed by atoms with Gasteiger partial charge in [-0.15, -0.1) is 0 Å². The fourth-order valence-corrected chi connectivity index (χ4v) is 4.36. The first-order valence-corrected chi connectivity index (χ1v) is 12.4. The zero-order valence-electron chi connectivity index (χ0n) is 22.0. The maximum Gasteiger partial charge on any atom is 0.330 e. The van der Waals surface area contributed by atoms with Gasteiger partial charge in [-0.05, 0) is 64.3 Å². The van der Waals surface area contributed by atoms with Crippen LogP contribution in [0.25, 0.3) is 0 Å². The average molecular weight is 504 g/mol. The number of urea groups is 1. The van der Waals surface area contributed by atoms with Gasteiger partial charge in [0.05, 0.1) is 25.4 Å². The van der Waals surface area contributed by atoms with E-state index < -0.39 is 0 Å². The first-order valence-electron chi connectivity index (χ1n) is 12.4. The first-order chi connectivity index (χ1) is 17.8. The molecule has 0 saturated heterocycles. The Hall–Kier alpha value is -4.08. The number of nitrogens with zero attached hydrogens (tertiary/aromatic N) is 7. The van der Waals surface area contributed by atoms with Crippen LogP contribution >= 0.6 is 0 Å². The summed E-state index contributed by atoms with van der Waals surface area (Å²) in [6, 6.07) is 7.64. The highest BCUT2D eigenvalue weighted by molar-refractivity contribution is 6.01. The summed E-state index contributed by atoms with van der Waals surface area (Å²) in [7, 11) is 1.48. The molecule has 37 heavy (non-hydrogen) atoms. The molecule has 194 valence electrons. The molecule has 4 rings (SSSR count). The summed E-state index contributed by atoms with van der Waals surface area (Å²) in [6.07, 6.45) is 4.99. The van der Waals surface area contributed by atoms with Gasteiger partial charge < -0.3 is 14.5 Å². The van der Waals surface area contributed by atoms with Crippen LogP contribution in [0, 0.1) is 0 Å². The molecular weight excluding hydrogens is 470 g/mol. The predicted molar refractivity (Wildman–Crippen MR) is 143 cm³/mol. The standard InChI is InChI=1S/C27H33N7O3/c1-7-23(35)32(8-2)18(5)19-10-9-11-22(14-19)34-24-20(16-33(27(34)36)21-12-13-21)15-28-25(30-24)31-26(37-6)29-17(3)4/h7,9-11,14-15,18,21H,1,8,12-13,16H2,2-6H3. The lowest BCUT2D eigenvalue weighted by Gasteiger charge is -2.36. The van der Waals surface area contributed by atoms with E-state index in [2.05, 4.69) is 26.5 Å². The molecule has 0 N–H and O–H groups in total. The van der Waals surface area contributed by atoms with Crippen molar-refractivity contribution in [3.05, 3.63) is 54.2 Å². The number of likely N-dealkylation sites (N-methyl/N-ethyl adjacent to an activating group) is 1. The second-order valence-electron chi connectivity index (χ2n) is 9.25. The maximum atomic E-state index is 13.8. The van der Waals surface area contributed by atoms with Crippen molar-refractivity contribution in [2.45, 2.75) is 59.2 Å². The van der Waals surface area contributed by atoms with Gasteiger partial charge >= 0.3 is 12.1 Å². The van der Waals surface area contributed by atoms with Crippen LogP contribution in [0.3, 0.4) is 0 Å². The fourth-order valence-electron chi connectivity index (χ4n) is 4.36. The van der Waals surface area contributed by atoms with Crippen LogP contribution in [-0.2, 0) is 16.1 Å². The van der Waals surface area contributed by atoms with Crippen molar-refractivity contribution < 1.29 is 14.3 Å². The van der Waals surface area contributed by atoms with E-state index in [-0.39, 0.29) is 36.0 Å². The molecule has 1 aliphatic heterocycles. The van der Waals surface area contributed by atoms with Crippen molar-refractivity contribution in [3.8, 4) is 0 Å². The minimum Gasteiger partial charge on any atom is -0.467 e. The molecule has 1 unspecified atom stereocenters. The number of carbonyl (C=O) groups is 2. The Kier molecular flexibility index (Phi) is 7.66. The van der Waals surface area contributed by atoms with Gasteiger partial charge in [0.1, 0.15) is 0 Å². The van der Waals surface area contributed by atoms with Gasteiger partial charge in [0.25, 0.3) is 5.95 Å². The van der Waals surface area contributed by atoms with Gasteiger partial charge in [-0.2, -0.15) is 9.98 Å². The van der Waals surface area contributed by atoms with Crippen LogP contribution in [0.2, 0.25) is 0 Å². The summed E-state index contributed by atoms with van der Waals surface area (Å²) >= 11 is 0. The van der Waals surface area contributed by atoms with E-state index in [1.165, 1.54) is 13.2 Å². The number of aromatic nitrogens is 2. The topological polar surface area (TPSA) is 104 Å². The SMILES string of the molecule is C=CC(=O)N(CC)C(C)c1cccc(N2C(=O)N(C3CC3)Cc3cnc(N=C(N=C(C)C)OC)nc32)c1. The number of carbonyl (C=O) groups excluding carboxylic acids is 2. The molecule has 2 aromatic rings. The van der Waals surface area contributed by atoms with Crippen LogP contribution in [0.1, 0.15) is 57.7 Å². The van der Waals surface area contributed by atoms with Crippen LogP contribution in [0.4, 0.5) is 22.2 Å². The Bertz CT molecular complexity index is 1260. The smallest absolute Gasteiger partial charge is 0.330 e. The van der Waals surface area contributed by atoms with Crippen molar-refractivity contribution in [2.24, 2.45) is 9.98 Å². The van der Waals surface area contributed by atoms with E-state index in [9.17, 15) is 9.59 Å². The molecular formula is C27H33N7O3. The van der Waals surface area contributed by atoms with E-state index in [4.69, 9.17) is 4.74 Å². The lowest BCUT2D eigenvalue weighted by molar-refractivity contribution is -0.127. The molecule has 3 amide bonds. The van der Waals surface area contributed by atoms with Gasteiger partial charge in [-0.1, -0.05) is 18.7 Å². The quantitative estimate of drug-likeness (QED) is 0.303. The lowest BCUT2D eigenvalue weighted by atomic mass is 10.0. The number of rotatable bonds is 7. The van der Waals surface area contributed by atoms with E-state index >= 15 is 0 Å². The third kappa shape index (κ3) is 5.52. The number of benzene rings is 1. The first kappa shape index (κ1) is 26.0. The van der Waals surface area contributed by atoms with Crippen LogP contribution in [0.15, 0.2) is 53.1 Å². The summed E-state index contributed by atoms with van der Waals surface area (Å²) in [5.74, 6) is 0.480. The molecule has 1 fully saturated rings. The van der Waals surface area contributed by atoms with E-state index in [0.717, 1.165) is 29.7 Å². The number of amides is 3. The molecule has 10 nitrogen and oxygen atoms in total. The molecule has 10 heteroatoms. The van der Waals surface area contributed by atoms with Gasteiger partial charge in [0.15, 0.2) is 5.82 Å². The van der Waals surface area contributed by atoms with Crippen molar-refractivity contribution >= 4 is 41.1 Å². The molecule has 0 bridgehead atoms. The summed E-state index contributed by atoms with van der Waals surface area (Å²) in [5.41, 5.74) is 3.16. The van der Waals surface area contributed by atoms with Crippen molar-refractivity contribution in [1.82, 2.24) is 19.8 Å². The molecule has 1 saturated carbocycles. The normalized spacial score (nSPS) is 16.1. The minimum absolute atomic E-state index is 0.135. The Labute approximate surface area is 217 Å². The van der Waals surface area contributed by atoms with Gasteiger partial charge in [0, 0.05) is 30.1 Å². The Morgan fingerprint density at radius 2 is 2.11 bits per heavy atom.